The maximum absolute atomic E-state index is 12.0. The first kappa shape index (κ1) is 15.5. The van der Waals surface area contributed by atoms with Crippen LogP contribution in [0.15, 0.2) is 0 Å². The zero-order valence-electron chi connectivity index (χ0n) is 12.9. The minimum Gasteiger partial charge on any atom is -0.461 e. The third-order valence-corrected chi connectivity index (χ3v) is 3.34. The van der Waals surface area contributed by atoms with Crippen LogP contribution in [0.5, 0.6) is 0 Å². The molecule has 1 unspecified atom stereocenters. The van der Waals surface area contributed by atoms with Gasteiger partial charge in [-0.2, -0.15) is 0 Å². The Morgan fingerprint density at radius 3 is 2.62 bits per heavy atom. The molecule has 2 rings (SSSR count). The molecule has 0 aromatic carbocycles. The molecule has 0 radical (unpaired) electrons. The summed E-state index contributed by atoms with van der Waals surface area (Å²) >= 11 is 0. The summed E-state index contributed by atoms with van der Waals surface area (Å²) < 4.78 is 6.61. The number of esters is 1. The molecular weight excluding hydrogens is 272 g/mol. The maximum Gasteiger partial charge on any atom is 0.360 e. The van der Waals surface area contributed by atoms with Crippen molar-refractivity contribution >= 4 is 11.9 Å². The highest BCUT2D eigenvalue weighted by atomic mass is 16.5. The molecule has 1 aliphatic carbocycles. The van der Waals surface area contributed by atoms with E-state index in [0.717, 1.165) is 12.8 Å². The molecule has 7 heteroatoms. The average Bonchev–Trinajstić information content (AvgIpc) is 3.16. The Morgan fingerprint density at radius 1 is 1.38 bits per heavy atom. The molecule has 1 amide bonds. The number of ether oxygens (including phenoxy) is 1. The molecular formula is C14H22N4O3. The summed E-state index contributed by atoms with van der Waals surface area (Å²) in [5.41, 5.74) is 0.712. The van der Waals surface area contributed by atoms with Crippen LogP contribution in [0.25, 0.3) is 0 Å². The molecule has 7 nitrogen and oxygen atoms in total. The van der Waals surface area contributed by atoms with E-state index in [2.05, 4.69) is 15.6 Å². The third-order valence-electron chi connectivity index (χ3n) is 3.34. The van der Waals surface area contributed by atoms with Gasteiger partial charge >= 0.3 is 5.97 Å². The van der Waals surface area contributed by atoms with Gasteiger partial charge in [-0.1, -0.05) is 19.1 Å². The molecule has 1 heterocycles. The number of aromatic nitrogens is 3. The van der Waals surface area contributed by atoms with Crippen LogP contribution in [0.2, 0.25) is 0 Å². The topological polar surface area (TPSA) is 86.1 Å². The first-order valence-electron chi connectivity index (χ1n) is 7.29. The predicted molar refractivity (Wildman–Crippen MR) is 75.8 cm³/mol. The number of carbonyl (C=O) groups excluding carboxylic acids is 2. The van der Waals surface area contributed by atoms with Gasteiger partial charge in [0.25, 0.3) is 0 Å². The van der Waals surface area contributed by atoms with Crippen molar-refractivity contribution in [2.75, 3.05) is 6.61 Å². The summed E-state index contributed by atoms with van der Waals surface area (Å²) in [6.07, 6.45) is 2.06. The lowest BCUT2D eigenvalue weighted by Gasteiger charge is -2.13. The van der Waals surface area contributed by atoms with Crippen LogP contribution in [0, 0.1) is 12.8 Å². The molecule has 1 saturated carbocycles. The van der Waals surface area contributed by atoms with Gasteiger partial charge in [0.05, 0.1) is 12.3 Å². The van der Waals surface area contributed by atoms with Crippen molar-refractivity contribution < 1.29 is 14.3 Å². The van der Waals surface area contributed by atoms with Gasteiger partial charge in [-0.15, -0.1) is 5.10 Å². The highest BCUT2D eigenvalue weighted by Gasteiger charge is 2.28. The van der Waals surface area contributed by atoms with Crippen molar-refractivity contribution in [2.45, 2.75) is 52.6 Å². The zero-order chi connectivity index (χ0) is 15.6. The molecule has 0 bridgehead atoms. The van der Waals surface area contributed by atoms with E-state index in [-0.39, 0.29) is 17.5 Å². The molecule has 0 spiro atoms. The lowest BCUT2D eigenvalue weighted by atomic mass is 10.2. The fraction of sp³-hybridized carbons (Fsp3) is 0.714. The van der Waals surface area contributed by atoms with Crippen LogP contribution in [0.4, 0.5) is 0 Å². The number of nitrogens with zero attached hydrogens (tertiary/aromatic N) is 3. The first-order chi connectivity index (χ1) is 9.90. The van der Waals surface area contributed by atoms with Gasteiger partial charge in [0, 0.05) is 6.04 Å². The minimum atomic E-state index is -0.498. The molecule has 1 fully saturated rings. The number of carbonyl (C=O) groups is 2. The zero-order valence-corrected chi connectivity index (χ0v) is 12.9. The van der Waals surface area contributed by atoms with Crippen LogP contribution in [-0.2, 0) is 9.53 Å². The molecule has 1 aliphatic rings. The summed E-state index contributed by atoms with van der Waals surface area (Å²) in [4.78, 5) is 23.9. The molecule has 1 aromatic heterocycles. The predicted octanol–water partition coefficient (Wildman–Crippen LogP) is 1.24. The van der Waals surface area contributed by atoms with Crippen molar-refractivity contribution in [3.63, 3.8) is 0 Å². The Labute approximate surface area is 124 Å². The quantitative estimate of drug-likeness (QED) is 0.798. The monoisotopic (exact) mass is 294 g/mol. The fourth-order valence-electron chi connectivity index (χ4n) is 1.87. The second-order valence-corrected chi connectivity index (χ2v) is 5.92. The Morgan fingerprint density at radius 2 is 2.05 bits per heavy atom. The minimum absolute atomic E-state index is 0.104. The third kappa shape index (κ3) is 3.80. The fourth-order valence-corrected chi connectivity index (χ4v) is 1.87. The summed E-state index contributed by atoms with van der Waals surface area (Å²) in [5.74, 6) is -0.345. The standard InChI is InChI=1S/C14H22N4O3/c1-8(2)7-21-14(20)12-9(3)18(17-16-12)10(4)13(19)15-11-5-6-11/h8,10-11H,5-7H2,1-4H3,(H,15,19). The van der Waals surface area contributed by atoms with Crippen LogP contribution in [0.1, 0.15) is 55.8 Å². The molecule has 0 saturated heterocycles. The summed E-state index contributed by atoms with van der Waals surface area (Å²) in [7, 11) is 0. The van der Waals surface area contributed by atoms with Crippen molar-refractivity contribution in [2.24, 2.45) is 5.92 Å². The van der Waals surface area contributed by atoms with Gasteiger partial charge in [0.1, 0.15) is 6.04 Å². The lowest BCUT2D eigenvalue weighted by molar-refractivity contribution is -0.124. The van der Waals surface area contributed by atoms with E-state index < -0.39 is 12.0 Å². The van der Waals surface area contributed by atoms with Crippen LogP contribution in [0.3, 0.4) is 0 Å². The normalized spacial score (nSPS) is 15.9. The summed E-state index contributed by atoms with van der Waals surface area (Å²) in [6, 6.07) is -0.205. The summed E-state index contributed by atoms with van der Waals surface area (Å²) in [6.45, 7) is 7.71. The largest absolute Gasteiger partial charge is 0.461 e. The molecule has 1 aromatic rings. The number of nitrogens with one attached hydrogen (secondary N) is 1. The summed E-state index contributed by atoms with van der Waals surface area (Å²) in [5, 5.41) is 10.7. The van der Waals surface area contributed by atoms with Gasteiger partial charge in [-0.05, 0) is 32.6 Å². The van der Waals surface area contributed by atoms with E-state index in [1.54, 1.807) is 13.8 Å². The second kappa shape index (κ2) is 6.24. The Hall–Kier alpha value is -1.92. The van der Waals surface area contributed by atoms with Gasteiger partial charge in [-0.3, -0.25) is 4.79 Å². The maximum atomic E-state index is 12.0. The van der Waals surface area contributed by atoms with Crippen molar-refractivity contribution in [3.05, 3.63) is 11.4 Å². The SMILES string of the molecule is Cc1c(C(=O)OCC(C)C)nnn1C(C)C(=O)NC1CC1. The van der Waals surface area contributed by atoms with Crippen molar-refractivity contribution in [1.29, 1.82) is 0 Å². The van der Waals surface area contributed by atoms with Crippen LogP contribution in [-0.4, -0.2) is 39.5 Å². The van der Waals surface area contributed by atoms with Crippen molar-refractivity contribution in [1.82, 2.24) is 20.3 Å². The van der Waals surface area contributed by atoms with Gasteiger partial charge in [-0.25, -0.2) is 9.48 Å². The average molecular weight is 294 g/mol. The Kier molecular flexibility index (Phi) is 4.59. The number of hydrogen-bond acceptors (Lipinski definition) is 5. The molecule has 1 N–H and O–H groups in total. The second-order valence-electron chi connectivity index (χ2n) is 5.92. The van der Waals surface area contributed by atoms with Gasteiger partial charge in [0.15, 0.2) is 5.69 Å². The van der Waals surface area contributed by atoms with Crippen molar-refractivity contribution in [3.8, 4) is 0 Å². The smallest absolute Gasteiger partial charge is 0.360 e. The molecule has 0 aliphatic heterocycles. The first-order valence-corrected chi connectivity index (χ1v) is 7.29. The van der Waals surface area contributed by atoms with E-state index >= 15 is 0 Å². The highest BCUT2D eigenvalue weighted by Crippen LogP contribution is 2.20. The Bertz CT molecular complexity index is 534. The van der Waals surface area contributed by atoms with E-state index in [0.29, 0.717) is 18.3 Å². The number of amides is 1. The van der Waals surface area contributed by atoms with Crippen LogP contribution >= 0.6 is 0 Å². The molecule has 21 heavy (non-hydrogen) atoms. The van der Waals surface area contributed by atoms with E-state index in [1.807, 2.05) is 13.8 Å². The number of hydrogen-bond donors (Lipinski definition) is 1. The highest BCUT2D eigenvalue weighted by molar-refractivity contribution is 5.88. The molecule has 1 atom stereocenters. The van der Waals surface area contributed by atoms with E-state index in [9.17, 15) is 9.59 Å². The number of rotatable bonds is 6. The van der Waals surface area contributed by atoms with Gasteiger partial charge < -0.3 is 10.1 Å². The lowest BCUT2D eigenvalue weighted by Crippen LogP contribution is -2.33. The van der Waals surface area contributed by atoms with Gasteiger partial charge in [0.2, 0.25) is 5.91 Å². The van der Waals surface area contributed by atoms with E-state index in [4.69, 9.17) is 4.74 Å². The molecule has 116 valence electrons. The Balaban J connectivity index is 2.04. The van der Waals surface area contributed by atoms with Crippen LogP contribution < -0.4 is 5.32 Å². The van der Waals surface area contributed by atoms with E-state index in [1.165, 1.54) is 4.68 Å².